The standard InChI is InChI=1S/C19H14F3NO/c1-3-15-16-10-9-14(19(20,21)22)11-17(16)23(12-24-2)18(15)13-7-5-4-6-8-13/h1,4-11H,12H2,2H3. The first-order chi connectivity index (χ1) is 11.5. The molecule has 1 heterocycles. The summed E-state index contributed by atoms with van der Waals surface area (Å²) in [6.07, 6.45) is 1.24. The summed E-state index contributed by atoms with van der Waals surface area (Å²) in [6.45, 7) is 0.101. The number of hydrogen-bond acceptors (Lipinski definition) is 1. The summed E-state index contributed by atoms with van der Waals surface area (Å²) in [5, 5.41) is 0.599. The molecule has 0 radical (unpaired) electrons. The lowest BCUT2D eigenvalue weighted by Crippen LogP contribution is -2.06. The van der Waals surface area contributed by atoms with E-state index in [1.807, 2.05) is 30.3 Å². The van der Waals surface area contributed by atoms with Gasteiger partial charge in [0.15, 0.2) is 0 Å². The van der Waals surface area contributed by atoms with Crippen molar-refractivity contribution < 1.29 is 17.9 Å². The number of benzene rings is 2. The molecule has 0 fully saturated rings. The first kappa shape index (κ1) is 16.2. The smallest absolute Gasteiger partial charge is 0.364 e. The van der Waals surface area contributed by atoms with Crippen LogP contribution in [0.1, 0.15) is 11.1 Å². The lowest BCUT2D eigenvalue weighted by molar-refractivity contribution is -0.137. The highest BCUT2D eigenvalue weighted by Crippen LogP contribution is 2.37. The Morgan fingerprint density at radius 2 is 1.83 bits per heavy atom. The minimum Gasteiger partial charge on any atom is -0.364 e. The molecule has 0 atom stereocenters. The molecule has 0 aliphatic heterocycles. The van der Waals surface area contributed by atoms with Crippen molar-refractivity contribution in [3.8, 4) is 23.6 Å². The molecular formula is C19H14F3NO. The number of aromatic nitrogens is 1. The molecule has 0 saturated carbocycles. The van der Waals surface area contributed by atoms with Gasteiger partial charge in [-0.25, -0.2) is 0 Å². The van der Waals surface area contributed by atoms with E-state index in [4.69, 9.17) is 11.2 Å². The van der Waals surface area contributed by atoms with E-state index in [9.17, 15) is 13.2 Å². The van der Waals surface area contributed by atoms with Gasteiger partial charge in [0.05, 0.1) is 22.3 Å². The van der Waals surface area contributed by atoms with E-state index in [0.29, 0.717) is 22.2 Å². The van der Waals surface area contributed by atoms with Crippen LogP contribution in [0.4, 0.5) is 13.2 Å². The van der Waals surface area contributed by atoms with E-state index in [1.165, 1.54) is 13.2 Å². The Balaban J connectivity index is 2.38. The molecular weight excluding hydrogens is 315 g/mol. The number of terminal acetylenes is 1. The molecule has 0 N–H and O–H groups in total. The van der Waals surface area contributed by atoms with E-state index in [0.717, 1.165) is 17.7 Å². The second-order valence-corrected chi connectivity index (χ2v) is 5.31. The summed E-state index contributed by atoms with van der Waals surface area (Å²) < 4.78 is 46.1. The molecule has 0 spiro atoms. The fourth-order valence-corrected chi connectivity index (χ4v) is 2.83. The summed E-state index contributed by atoms with van der Waals surface area (Å²) in [5.74, 6) is 2.62. The number of rotatable bonds is 3. The van der Waals surface area contributed by atoms with E-state index in [1.54, 1.807) is 4.57 Å². The number of ether oxygens (including phenoxy) is 1. The van der Waals surface area contributed by atoms with Gasteiger partial charge in [0.25, 0.3) is 0 Å². The molecule has 0 unspecified atom stereocenters. The fourth-order valence-electron chi connectivity index (χ4n) is 2.83. The molecule has 0 aliphatic carbocycles. The Morgan fingerprint density at radius 1 is 1.12 bits per heavy atom. The third-order valence-electron chi connectivity index (χ3n) is 3.84. The lowest BCUT2D eigenvalue weighted by atomic mass is 10.0. The monoisotopic (exact) mass is 329 g/mol. The maximum atomic E-state index is 13.1. The SMILES string of the molecule is C#Cc1c(-c2ccccc2)n(COC)c2cc(C(F)(F)F)ccc12. The fraction of sp³-hybridized carbons (Fsp3) is 0.158. The van der Waals surface area contributed by atoms with Crippen LogP contribution in [0.3, 0.4) is 0 Å². The Hall–Kier alpha value is -2.71. The maximum Gasteiger partial charge on any atom is 0.416 e. The van der Waals surface area contributed by atoms with Crippen LogP contribution >= 0.6 is 0 Å². The predicted molar refractivity (Wildman–Crippen MR) is 87.3 cm³/mol. The van der Waals surface area contributed by atoms with Crippen molar-refractivity contribution in [2.75, 3.05) is 7.11 Å². The predicted octanol–water partition coefficient (Wildman–Crippen LogP) is 4.91. The Bertz CT molecular complexity index is 918. The van der Waals surface area contributed by atoms with Crippen LogP contribution in [0.5, 0.6) is 0 Å². The van der Waals surface area contributed by atoms with Crippen LogP contribution in [0.25, 0.3) is 22.2 Å². The molecule has 0 aliphatic rings. The summed E-state index contributed by atoms with van der Waals surface area (Å²) >= 11 is 0. The van der Waals surface area contributed by atoms with Gasteiger partial charge >= 0.3 is 6.18 Å². The number of hydrogen-bond donors (Lipinski definition) is 0. The van der Waals surface area contributed by atoms with Crippen LogP contribution in [0, 0.1) is 12.3 Å². The molecule has 5 heteroatoms. The maximum absolute atomic E-state index is 13.1. The molecule has 0 saturated heterocycles. The molecule has 2 aromatic carbocycles. The minimum atomic E-state index is -4.42. The van der Waals surface area contributed by atoms with Gasteiger partial charge in [-0.1, -0.05) is 42.3 Å². The van der Waals surface area contributed by atoms with Crippen LogP contribution in [0.15, 0.2) is 48.5 Å². The van der Waals surface area contributed by atoms with Crippen LogP contribution in [0.2, 0.25) is 0 Å². The van der Waals surface area contributed by atoms with Gasteiger partial charge < -0.3 is 9.30 Å². The van der Waals surface area contributed by atoms with Crippen molar-refractivity contribution in [2.45, 2.75) is 12.9 Å². The molecule has 3 rings (SSSR count). The zero-order valence-electron chi connectivity index (χ0n) is 12.9. The molecule has 1 aromatic heterocycles. The summed E-state index contributed by atoms with van der Waals surface area (Å²) in [5.41, 5.74) is 1.75. The molecule has 122 valence electrons. The normalized spacial score (nSPS) is 11.6. The number of alkyl halides is 3. The quantitative estimate of drug-likeness (QED) is 0.623. The van der Waals surface area contributed by atoms with E-state index >= 15 is 0 Å². The van der Waals surface area contributed by atoms with Crippen LogP contribution < -0.4 is 0 Å². The van der Waals surface area contributed by atoms with Crippen molar-refractivity contribution in [1.29, 1.82) is 0 Å². The molecule has 0 bridgehead atoms. The van der Waals surface area contributed by atoms with Crippen molar-refractivity contribution in [1.82, 2.24) is 4.57 Å². The number of fused-ring (bicyclic) bond motifs is 1. The minimum absolute atomic E-state index is 0.101. The first-order valence-electron chi connectivity index (χ1n) is 7.21. The van der Waals surface area contributed by atoms with Gasteiger partial charge in [-0.2, -0.15) is 13.2 Å². The molecule has 24 heavy (non-hydrogen) atoms. The van der Waals surface area contributed by atoms with Gasteiger partial charge in [0.2, 0.25) is 0 Å². The van der Waals surface area contributed by atoms with Crippen LogP contribution in [-0.4, -0.2) is 11.7 Å². The third-order valence-corrected chi connectivity index (χ3v) is 3.84. The highest BCUT2D eigenvalue weighted by Gasteiger charge is 2.31. The average Bonchev–Trinajstić information content (AvgIpc) is 2.88. The first-order valence-corrected chi connectivity index (χ1v) is 7.21. The van der Waals surface area contributed by atoms with E-state index in [-0.39, 0.29) is 6.73 Å². The van der Waals surface area contributed by atoms with Gasteiger partial charge in [0.1, 0.15) is 6.73 Å². The summed E-state index contributed by atoms with van der Waals surface area (Å²) in [7, 11) is 1.49. The van der Waals surface area contributed by atoms with Gasteiger partial charge in [0, 0.05) is 12.5 Å². The van der Waals surface area contributed by atoms with Gasteiger partial charge in [-0.05, 0) is 17.7 Å². The highest BCUT2D eigenvalue weighted by atomic mass is 19.4. The van der Waals surface area contributed by atoms with Crippen molar-refractivity contribution >= 4 is 10.9 Å². The third kappa shape index (κ3) is 2.66. The van der Waals surface area contributed by atoms with E-state index < -0.39 is 11.7 Å². The highest BCUT2D eigenvalue weighted by molar-refractivity contribution is 5.95. The number of nitrogens with zero attached hydrogens (tertiary/aromatic N) is 1. The van der Waals surface area contributed by atoms with Gasteiger partial charge in [-0.3, -0.25) is 0 Å². The molecule has 0 amide bonds. The average molecular weight is 329 g/mol. The Kier molecular flexibility index (Phi) is 4.08. The van der Waals surface area contributed by atoms with E-state index in [2.05, 4.69) is 5.92 Å². The largest absolute Gasteiger partial charge is 0.416 e. The lowest BCUT2D eigenvalue weighted by Gasteiger charge is -2.11. The number of halogens is 3. The number of methoxy groups -OCH3 is 1. The van der Waals surface area contributed by atoms with Crippen molar-refractivity contribution in [3.63, 3.8) is 0 Å². The second kappa shape index (κ2) is 6.06. The van der Waals surface area contributed by atoms with Crippen LogP contribution in [-0.2, 0) is 17.6 Å². The van der Waals surface area contributed by atoms with Crippen molar-refractivity contribution in [3.05, 3.63) is 59.7 Å². The Morgan fingerprint density at radius 3 is 2.42 bits per heavy atom. The van der Waals surface area contributed by atoms with Gasteiger partial charge in [-0.15, -0.1) is 6.42 Å². The van der Waals surface area contributed by atoms with Crippen molar-refractivity contribution in [2.24, 2.45) is 0 Å². The molecule has 2 nitrogen and oxygen atoms in total. The second-order valence-electron chi connectivity index (χ2n) is 5.31. The molecule has 3 aromatic rings. The summed E-state index contributed by atoms with van der Waals surface area (Å²) in [6, 6.07) is 12.9. The zero-order valence-corrected chi connectivity index (χ0v) is 12.9. The Labute approximate surface area is 137 Å². The summed E-state index contributed by atoms with van der Waals surface area (Å²) in [4.78, 5) is 0. The zero-order chi connectivity index (χ0) is 17.3. The topological polar surface area (TPSA) is 14.2 Å².